The third kappa shape index (κ3) is 5.47. The van der Waals surface area contributed by atoms with Crippen molar-refractivity contribution in [3.8, 4) is 11.5 Å². The third-order valence-corrected chi connectivity index (χ3v) is 3.97. The van der Waals surface area contributed by atoms with Gasteiger partial charge in [0.15, 0.2) is 0 Å². The van der Waals surface area contributed by atoms with E-state index in [4.69, 9.17) is 4.74 Å². The fraction of sp³-hybridized carbons (Fsp3) is 0.263. The third-order valence-electron chi connectivity index (χ3n) is 3.97. The van der Waals surface area contributed by atoms with Crippen molar-refractivity contribution in [3.63, 3.8) is 0 Å². The summed E-state index contributed by atoms with van der Waals surface area (Å²) < 4.78 is 5.69. The molecule has 1 aliphatic heterocycles. The number of nitrogens with one attached hydrogen (secondary N) is 2. The van der Waals surface area contributed by atoms with E-state index < -0.39 is 0 Å². The Morgan fingerprint density at radius 3 is 2.23 bits per heavy atom. The minimum atomic E-state index is -0.269. The molecule has 2 aromatic carbocycles. The van der Waals surface area contributed by atoms with Crippen molar-refractivity contribution in [2.45, 2.75) is 0 Å². The molecule has 0 spiro atoms. The summed E-state index contributed by atoms with van der Waals surface area (Å²) in [6.07, 6.45) is 0. The summed E-state index contributed by atoms with van der Waals surface area (Å²) in [5.74, 6) is 1.06. The van der Waals surface area contributed by atoms with E-state index in [1.54, 1.807) is 29.2 Å². The highest BCUT2D eigenvalue weighted by atomic mass is 35.5. The largest absolute Gasteiger partial charge is 0.457 e. The van der Waals surface area contributed by atoms with Gasteiger partial charge in [0.25, 0.3) is 5.91 Å². The van der Waals surface area contributed by atoms with Gasteiger partial charge in [-0.3, -0.25) is 9.59 Å². The van der Waals surface area contributed by atoms with E-state index in [9.17, 15) is 9.59 Å². The Hall–Kier alpha value is -2.57. The molecule has 0 unspecified atom stereocenters. The quantitative estimate of drug-likeness (QED) is 0.839. The van der Waals surface area contributed by atoms with Crippen LogP contribution >= 0.6 is 12.4 Å². The number of hydrogen-bond acceptors (Lipinski definition) is 4. The van der Waals surface area contributed by atoms with Crippen LogP contribution < -0.4 is 15.4 Å². The summed E-state index contributed by atoms with van der Waals surface area (Å²) in [4.78, 5) is 26.0. The van der Waals surface area contributed by atoms with Gasteiger partial charge >= 0.3 is 0 Å². The van der Waals surface area contributed by atoms with Gasteiger partial charge in [-0.2, -0.15) is 0 Å². The van der Waals surface area contributed by atoms with Crippen molar-refractivity contribution in [1.29, 1.82) is 0 Å². The first-order valence-corrected chi connectivity index (χ1v) is 8.32. The van der Waals surface area contributed by atoms with Crippen LogP contribution in [-0.4, -0.2) is 49.4 Å². The van der Waals surface area contributed by atoms with Gasteiger partial charge < -0.3 is 20.3 Å². The summed E-state index contributed by atoms with van der Waals surface area (Å²) in [5, 5.41) is 5.86. The van der Waals surface area contributed by atoms with Gasteiger partial charge in [-0.25, -0.2) is 0 Å². The number of rotatable bonds is 5. The summed E-state index contributed by atoms with van der Waals surface area (Å²) in [6.45, 7) is 2.96. The van der Waals surface area contributed by atoms with Crippen molar-refractivity contribution in [3.05, 3.63) is 60.2 Å². The summed E-state index contributed by atoms with van der Waals surface area (Å²) in [5.41, 5.74) is 0.494. The molecular formula is C19H22ClN3O3. The molecule has 0 aliphatic carbocycles. The molecule has 0 atom stereocenters. The smallest absolute Gasteiger partial charge is 0.251 e. The SMILES string of the molecule is Cl.O=C(NCC(=O)N1CCNCC1)c1ccc(Oc2ccccc2)cc1. The van der Waals surface area contributed by atoms with E-state index in [1.165, 1.54) is 0 Å². The summed E-state index contributed by atoms with van der Waals surface area (Å²) in [6, 6.07) is 16.3. The molecule has 2 N–H and O–H groups in total. The predicted octanol–water partition coefficient (Wildman–Crippen LogP) is 2.06. The second-order valence-electron chi connectivity index (χ2n) is 5.75. The molecule has 138 valence electrons. The Morgan fingerprint density at radius 2 is 1.58 bits per heavy atom. The molecule has 26 heavy (non-hydrogen) atoms. The first-order valence-electron chi connectivity index (χ1n) is 8.32. The zero-order chi connectivity index (χ0) is 17.5. The minimum Gasteiger partial charge on any atom is -0.457 e. The number of carbonyl (C=O) groups is 2. The highest BCUT2D eigenvalue weighted by Gasteiger charge is 2.17. The molecule has 0 bridgehead atoms. The molecule has 0 radical (unpaired) electrons. The van der Waals surface area contributed by atoms with E-state index in [0.29, 0.717) is 24.4 Å². The number of halogens is 1. The maximum Gasteiger partial charge on any atom is 0.251 e. The summed E-state index contributed by atoms with van der Waals surface area (Å²) in [7, 11) is 0. The van der Waals surface area contributed by atoms with Gasteiger partial charge in [0, 0.05) is 31.7 Å². The number of benzene rings is 2. The van der Waals surface area contributed by atoms with Gasteiger partial charge in [-0.05, 0) is 36.4 Å². The first kappa shape index (κ1) is 19.8. The van der Waals surface area contributed by atoms with Crippen LogP contribution in [0.4, 0.5) is 0 Å². The fourth-order valence-electron chi connectivity index (χ4n) is 2.58. The molecule has 1 saturated heterocycles. The van der Waals surface area contributed by atoms with Gasteiger partial charge in [0.1, 0.15) is 11.5 Å². The lowest BCUT2D eigenvalue weighted by Gasteiger charge is -2.27. The Kier molecular flexibility index (Phi) is 7.44. The fourth-order valence-corrected chi connectivity index (χ4v) is 2.58. The van der Waals surface area contributed by atoms with Crippen LogP contribution in [0.2, 0.25) is 0 Å². The zero-order valence-electron chi connectivity index (χ0n) is 14.3. The molecule has 1 aliphatic rings. The van der Waals surface area contributed by atoms with Crippen LogP contribution in [0.1, 0.15) is 10.4 Å². The highest BCUT2D eigenvalue weighted by molar-refractivity contribution is 5.96. The normalized spacial score (nSPS) is 13.5. The van der Waals surface area contributed by atoms with Crippen LogP contribution in [-0.2, 0) is 4.79 Å². The molecule has 0 saturated carbocycles. The Balaban J connectivity index is 0.00000243. The number of amides is 2. The number of ether oxygens (including phenoxy) is 1. The number of carbonyl (C=O) groups excluding carboxylic acids is 2. The van der Waals surface area contributed by atoms with Gasteiger partial charge in [0.2, 0.25) is 5.91 Å². The van der Waals surface area contributed by atoms with E-state index >= 15 is 0 Å². The molecule has 1 heterocycles. The van der Waals surface area contributed by atoms with Crippen LogP contribution in [0.15, 0.2) is 54.6 Å². The monoisotopic (exact) mass is 375 g/mol. The molecule has 7 heteroatoms. The van der Waals surface area contributed by atoms with Crippen LogP contribution in [0, 0.1) is 0 Å². The van der Waals surface area contributed by atoms with Crippen molar-refractivity contribution >= 4 is 24.2 Å². The summed E-state index contributed by atoms with van der Waals surface area (Å²) >= 11 is 0. The lowest BCUT2D eigenvalue weighted by Crippen LogP contribution is -2.49. The molecular weight excluding hydrogens is 354 g/mol. The molecule has 1 fully saturated rings. The molecule has 0 aromatic heterocycles. The Bertz CT molecular complexity index is 717. The standard InChI is InChI=1S/C19H21N3O3.ClH/c23-18(22-12-10-20-11-13-22)14-21-19(24)15-6-8-17(9-7-15)25-16-4-2-1-3-5-16;/h1-9,20H,10-14H2,(H,21,24);1H. The molecule has 3 rings (SSSR count). The maximum absolute atomic E-state index is 12.2. The first-order chi connectivity index (χ1) is 12.2. The van der Waals surface area contributed by atoms with Crippen molar-refractivity contribution in [2.75, 3.05) is 32.7 Å². The van der Waals surface area contributed by atoms with Crippen LogP contribution in [0.3, 0.4) is 0 Å². The number of para-hydroxylation sites is 1. The van der Waals surface area contributed by atoms with E-state index in [-0.39, 0.29) is 30.8 Å². The minimum absolute atomic E-state index is 0. The Morgan fingerprint density at radius 1 is 0.962 bits per heavy atom. The average molecular weight is 376 g/mol. The van der Waals surface area contributed by atoms with E-state index in [0.717, 1.165) is 18.8 Å². The molecule has 2 amide bonds. The predicted molar refractivity (Wildman–Crippen MR) is 102 cm³/mol. The van der Waals surface area contributed by atoms with E-state index in [2.05, 4.69) is 10.6 Å². The van der Waals surface area contributed by atoms with Crippen molar-refractivity contribution < 1.29 is 14.3 Å². The zero-order valence-corrected chi connectivity index (χ0v) is 15.1. The van der Waals surface area contributed by atoms with Crippen LogP contribution in [0.5, 0.6) is 11.5 Å². The van der Waals surface area contributed by atoms with Crippen LogP contribution in [0.25, 0.3) is 0 Å². The molecule has 2 aromatic rings. The average Bonchev–Trinajstić information content (AvgIpc) is 2.68. The van der Waals surface area contributed by atoms with Crippen molar-refractivity contribution in [2.24, 2.45) is 0 Å². The maximum atomic E-state index is 12.2. The van der Waals surface area contributed by atoms with Crippen molar-refractivity contribution in [1.82, 2.24) is 15.5 Å². The second-order valence-corrected chi connectivity index (χ2v) is 5.75. The second kappa shape index (κ2) is 9.79. The lowest BCUT2D eigenvalue weighted by atomic mass is 10.2. The van der Waals surface area contributed by atoms with Gasteiger partial charge in [-0.15, -0.1) is 12.4 Å². The topological polar surface area (TPSA) is 70.7 Å². The number of nitrogens with zero attached hydrogens (tertiary/aromatic N) is 1. The highest BCUT2D eigenvalue weighted by Crippen LogP contribution is 2.21. The number of piperazine rings is 1. The Labute approximate surface area is 158 Å². The molecule has 6 nitrogen and oxygen atoms in total. The lowest BCUT2D eigenvalue weighted by molar-refractivity contribution is -0.130. The van der Waals surface area contributed by atoms with Gasteiger partial charge in [-0.1, -0.05) is 18.2 Å². The number of hydrogen-bond donors (Lipinski definition) is 2. The van der Waals surface area contributed by atoms with E-state index in [1.807, 2.05) is 30.3 Å². The van der Waals surface area contributed by atoms with Gasteiger partial charge in [0.05, 0.1) is 6.54 Å².